The second-order valence-corrected chi connectivity index (χ2v) is 7.15. The van der Waals surface area contributed by atoms with Crippen LogP contribution in [0.4, 0.5) is 0 Å². The molecule has 128 valence electrons. The minimum absolute atomic E-state index is 0.0119. The van der Waals surface area contributed by atoms with Crippen LogP contribution in [0.15, 0.2) is 60.7 Å². The molecule has 1 amide bonds. The topological polar surface area (TPSA) is 49.3 Å². The van der Waals surface area contributed by atoms with Gasteiger partial charge < -0.3 is 10.4 Å². The molecule has 0 fully saturated rings. The minimum Gasteiger partial charge on any atom is -0.387 e. The molecule has 0 heterocycles. The fourth-order valence-electron chi connectivity index (χ4n) is 2.71. The van der Waals surface area contributed by atoms with E-state index in [9.17, 15) is 9.90 Å². The van der Waals surface area contributed by atoms with E-state index in [2.05, 4.69) is 29.6 Å². The molecule has 0 saturated heterocycles. The van der Waals surface area contributed by atoms with E-state index in [4.69, 9.17) is 0 Å². The van der Waals surface area contributed by atoms with E-state index in [1.807, 2.05) is 42.7 Å². The van der Waals surface area contributed by atoms with Crippen LogP contribution in [0, 0.1) is 0 Å². The first-order valence-corrected chi connectivity index (χ1v) is 9.49. The first kappa shape index (κ1) is 18.6. The largest absolute Gasteiger partial charge is 0.387 e. The second-order valence-electron chi connectivity index (χ2n) is 6.28. The summed E-state index contributed by atoms with van der Waals surface area (Å²) in [5.41, 5.74) is 1.36. The van der Waals surface area contributed by atoms with Gasteiger partial charge in [0.15, 0.2) is 0 Å². The molecule has 2 N–H and O–H groups in total. The normalized spacial score (nSPS) is 13.5. The zero-order valence-electron chi connectivity index (χ0n) is 14.2. The monoisotopic (exact) mass is 343 g/mol. The summed E-state index contributed by atoms with van der Waals surface area (Å²) in [6, 6.07) is 20.1. The van der Waals surface area contributed by atoms with Gasteiger partial charge >= 0.3 is 0 Å². The maximum atomic E-state index is 12.4. The van der Waals surface area contributed by atoms with E-state index in [0.717, 1.165) is 11.1 Å². The lowest BCUT2D eigenvalue weighted by Gasteiger charge is -2.24. The number of thioether (sulfide) groups is 1. The highest BCUT2D eigenvalue weighted by Crippen LogP contribution is 2.27. The fourth-order valence-corrected chi connectivity index (χ4v) is 3.43. The molecule has 0 unspecified atom stereocenters. The third kappa shape index (κ3) is 5.69. The predicted molar refractivity (Wildman–Crippen MR) is 101 cm³/mol. The molecule has 1 atom stereocenters. The molecule has 0 saturated carbocycles. The Morgan fingerprint density at radius 2 is 1.58 bits per heavy atom. The molecule has 0 radical (unpaired) electrons. The van der Waals surface area contributed by atoms with Gasteiger partial charge in [-0.15, -0.1) is 0 Å². The van der Waals surface area contributed by atoms with E-state index in [1.165, 1.54) is 0 Å². The molecular weight excluding hydrogens is 318 g/mol. The number of benzene rings is 2. The van der Waals surface area contributed by atoms with Gasteiger partial charge in [-0.1, -0.05) is 60.7 Å². The second kappa shape index (κ2) is 8.90. The number of amides is 1. The first-order chi connectivity index (χ1) is 11.5. The average molecular weight is 343 g/mol. The lowest BCUT2D eigenvalue weighted by atomic mass is 9.88. The Morgan fingerprint density at radius 1 is 1.08 bits per heavy atom. The van der Waals surface area contributed by atoms with Crippen LogP contribution in [-0.2, 0) is 4.79 Å². The van der Waals surface area contributed by atoms with Gasteiger partial charge in [0.25, 0.3) is 0 Å². The van der Waals surface area contributed by atoms with Gasteiger partial charge in [0.2, 0.25) is 5.91 Å². The summed E-state index contributed by atoms with van der Waals surface area (Å²) >= 11 is 1.57. The molecule has 0 aromatic heterocycles. The number of nitrogens with one attached hydrogen (secondary N) is 1. The van der Waals surface area contributed by atoms with Crippen LogP contribution in [0.3, 0.4) is 0 Å². The highest BCUT2D eigenvalue weighted by molar-refractivity contribution is 7.98. The molecule has 24 heavy (non-hydrogen) atoms. The molecule has 3 nitrogen and oxygen atoms in total. The SMILES string of the molecule is CSC[C@@](C)(O)CNC(=O)CC(c1ccccc1)c1ccccc1. The van der Waals surface area contributed by atoms with Gasteiger partial charge in [-0.3, -0.25) is 4.79 Å². The summed E-state index contributed by atoms with van der Waals surface area (Å²) in [4.78, 5) is 12.4. The van der Waals surface area contributed by atoms with Gasteiger partial charge in [0.1, 0.15) is 0 Å². The van der Waals surface area contributed by atoms with E-state index >= 15 is 0 Å². The van der Waals surface area contributed by atoms with Crippen LogP contribution in [0.25, 0.3) is 0 Å². The van der Waals surface area contributed by atoms with Crippen molar-refractivity contribution in [2.24, 2.45) is 0 Å². The van der Waals surface area contributed by atoms with Crippen LogP contribution >= 0.6 is 11.8 Å². The van der Waals surface area contributed by atoms with Crippen molar-refractivity contribution >= 4 is 17.7 Å². The van der Waals surface area contributed by atoms with Crippen molar-refractivity contribution in [1.29, 1.82) is 0 Å². The molecule has 0 aliphatic carbocycles. The molecule has 2 aromatic carbocycles. The maximum absolute atomic E-state index is 12.4. The van der Waals surface area contributed by atoms with Crippen LogP contribution in [-0.4, -0.2) is 35.2 Å². The number of carbonyl (C=O) groups is 1. The number of aliphatic hydroxyl groups is 1. The molecule has 0 spiro atoms. The summed E-state index contributed by atoms with van der Waals surface area (Å²) in [5.74, 6) is 0.556. The Bertz CT molecular complexity index is 589. The first-order valence-electron chi connectivity index (χ1n) is 8.10. The zero-order chi connectivity index (χ0) is 17.4. The van der Waals surface area contributed by atoms with Crippen LogP contribution in [0.5, 0.6) is 0 Å². The average Bonchev–Trinajstić information content (AvgIpc) is 2.59. The molecule has 0 aliphatic heterocycles. The van der Waals surface area contributed by atoms with Gasteiger partial charge in [0, 0.05) is 24.6 Å². The summed E-state index contributed by atoms with van der Waals surface area (Å²) in [6.45, 7) is 2.01. The lowest BCUT2D eigenvalue weighted by molar-refractivity contribution is -0.122. The third-order valence-electron chi connectivity index (χ3n) is 3.92. The van der Waals surface area contributed by atoms with E-state index in [0.29, 0.717) is 12.2 Å². The van der Waals surface area contributed by atoms with Crippen molar-refractivity contribution in [1.82, 2.24) is 5.32 Å². The Hall–Kier alpha value is -1.78. The zero-order valence-corrected chi connectivity index (χ0v) is 15.1. The van der Waals surface area contributed by atoms with E-state index in [1.54, 1.807) is 18.7 Å². The van der Waals surface area contributed by atoms with E-state index < -0.39 is 5.60 Å². The van der Waals surface area contributed by atoms with Crippen molar-refractivity contribution in [3.8, 4) is 0 Å². The summed E-state index contributed by atoms with van der Waals surface area (Å²) in [5, 5.41) is 13.1. The van der Waals surface area contributed by atoms with Crippen LogP contribution < -0.4 is 5.32 Å². The smallest absolute Gasteiger partial charge is 0.221 e. The predicted octanol–water partition coefficient (Wildman–Crippen LogP) is 3.44. The summed E-state index contributed by atoms with van der Waals surface area (Å²) in [6.07, 6.45) is 2.31. The Labute approximate surface area is 148 Å². The highest BCUT2D eigenvalue weighted by atomic mass is 32.2. The standard InChI is InChI=1S/C20H25NO2S/c1-20(23,15-24-2)14-21-19(22)13-18(16-9-5-3-6-10-16)17-11-7-4-8-12-17/h3-12,18,23H,13-15H2,1-2H3,(H,21,22)/t20-/m0/s1. The van der Waals surface area contributed by atoms with Gasteiger partial charge in [-0.2, -0.15) is 11.8 Å². The van der Waals surface area contributed by atoms with Crippen molar-refractivity contribution in [2.45, 2.75) is 24.9 Å². The Morgan fingerprint density at radius 3 is 2.04 bits per heavy atom. The van der Waals surface area contributed by atoms with E-state index in [-0.39, 0.29) is 18.4 Å². The fraction of sp³-hybridized carbons (Fsp3) is 0.350. The van der Waals surface area contributed by atoms with Crippen molar-refractivity contribution in [3.05, 3.63) is 71.8 Å². The summed E-state index contributed by atoms with van der Waals surface area (Å²) in [7, 11) is 0. The van der Waals surface area contributed by atoms with Gasteiger partial charge in [-0.05, 0) is 24.3 Å². The van der Waals surface area contributed by atoms with Crippen molar-refractivity contribution < 1.29 is 9.90 Å². The lowest BCUT2D eigenvalue weighted by Crippen LogP contribution is -2.42. The Kier molecular flexibility index (Phi) is 6.88. The van der Waals surface area contributed by atoms with Crippen molar-refractivity contribution in [2.75, 3.05) is 18.6 Å². The molecule has 0 aliphatic rings. The number of carbonyl (C=O) groups excluding carboxylic acids is 1. The van der Waals surface area contributed by atoms with Crippen LogP contribution in [0.2, 0.25) is 0 Å². The maximum Gasteiger partial charge on any atom is 0.221 e. The third-order valence-corrected chi connectivity index (χ3v) is 4.83. The van der Waals surface area contributed by atoms with Gasteiger partial charge in [0.05, 0.1) is 5.60 Å². The number of rotatable bonds is 8. The number of hydrogen-bond acceptors (Lipinski definition) is 3. The molecular formula is C20H25NO2S. The number of hydrogen-bond donors (Lipinski definition) is 2. The molecule has 0 bridgehead atoms. The summed E-state index contributed by atoms with van der Waals surface area (Å²) < 4.78 is 0. The molecule has 2 aromatic rings. The Balaban J connectivity index is 2.08. The molecule has 4 heteroatoms. The van der Waals surface area contributed by atoms with Crippen LogP contribution in [0.1, 0.15) is 30.4 Å². The van der Waals surface area contributed by atoms with Gasteiger partial charge in [-0.25, -0.2) is 0 Å². The minimum atomic E-state index is -0.885. The quantitative estimate of drug-likeness (QED) is 0.772. The van der Waals surface area contributed by atoms with Crippen molar-refractivity contribution in [3.63, 3.8) is 0 Å². The highest BCUT2D eigenvalue weighted by Gasteiger charge is 2.22. The molecule has 2 rings (SSSR count).